The van der Waals surface area contributed by atoms with E-state index in [1.807, 2.05) is 0 Å². The molecule has 0 unspecified atom stereocenters. The second-order valence-electron chi connectivity index (χ2n) is 4.08. The Hall–Kier alpha value is -1.15. The molecule has 0 radical (unpaired) electrons. The lowest BCUT2D eigenvalue weighted by atomic mass is 10.1. The van der Waals surface area contributed by atoms with Crippen LogP contribution in [0.3, 0.4) is 0 Å². The van der Waals surface area contributed by atoms with Gasteiger partial charge in [-0.3, -0.25) is 0 Å². The molecule has 2 rings (SSSR count). The molecule has 0 saturated carbocycles. The minimum Gasteiger partial charge on any atom is -0.382 e. The molecule has 100 valence electrons. The first-order chi connectivity index (χ1) is 8.08. The highest BCUT2D eigenvalue weighted by molar-refractivity contribution is 7.90. The number of sulfone groups is 1. The molecule has 0 fully saturated rings. The van der Waals surface area contributed by atoms with Crippen LogP contribution < -0.4 is 0 Å². The maximum atomic E-state index is 13.4. The van der Waals surface area contributed by atoms with Gasteiger partial charge >= 0.3 is 5.92 Å². The minimum absolute atomic E-state index is 0.593. The summed E-state index contributed by atoms with van der Waals surface area (Å²) in [6.45, 7) is 0. The molecule has 1 aliphatic carbocycles. The number of alkyl halides is 3. The molecular formula is C10H8F4O3S. The molecule has 0 amide bonds. The highest BCUT2D eigenvalue weighted by Crippen LogP contribution is 2.54. The molecule has 0 saturated heterocycles. The van der Waals surface area contributed by atoms with E-state index in [0.717, 1.165) is 6.07 Å². The summed E-state index contributed by atoms with van der Waals surface area (Å²) in [5.41, 5.74) is -1.98. The third-order valence-corrected chi connectivity index (χ3v) is 3.98. The van der Waals surface area contributed by atoms with Crippen molar-refractivity contribution < 1.29 is 31.1 Å². The van der Waals surface area contributed by atoms with Crippen LogP contribution in [-0.2, 0) is 9.84 Å². The van der Waals surface area contributed by atoms with Crippen LogP contribution in [0.15, 0.2) is 17.0 Å². The lowest BCUT2D eigenvalue weighted by Gasteiger charge is -2.16. The molecule has 0 aromatic heterocycles. The fourth-order valence-corrected chi connectivity index (χ4v) is 2.91. The van der Waals surface area contributed by atoms with E-state index in [4.69, 9.17) is 0 Å². The number of fused-ring (bicyclic) bond motifs is 1. The van der Waals surface area contributed by atoms with Crippen molar-refractivity contribution in [2.24, 2.45) is 0 Å². The highest BCUT2D eigenvalue weighted by atomic mass is 32.2. The Kier molecular flexibility index (Phi) is 2.71. The van der Waals surface area contributed by atoms with Crippen molar-refractivity contribution in [1.82, 2.24) is 0 Å². The number of halogens is 4. The molecule has 8 heteroatoms. The van der Waals surface area contributed by atoms with E-state index in [0.29, 0.717) is 12.3 Å². The van der Waals surface area contributed by atoms with Gasteiger partial charge in [-0.15, -0.1) is 0 Å². The summed E-state index contributed by atoms with van der Waals surface area (Å²) >= 11 is 0. The summed E-state index contributed by atoms with van der Waals surface area (Å²) in [5.74, 6) is -5.55. The summed E-state index contributed by atoms with van der Waals surface area (Å²) in [6, 6.07) is 1.33. The van der Waals surface area contributed by atoms with Gasteiger partial charge < -0.3 is 5.11 Å². The van der Waals surface area contributed by atoms with Crippen molar-refractivity contribution in [2.75, 3.05) is 6.26 Å². The number of hydrogen-bond acceptors (Lipinski definition) is 3. The molecule has 1 N–H and O–H groups in total. The molecule has 1 aromatic rings. The predicted octanol–water partition coefficient (Wildman–Crippen LogP) is 1.92. The highest BCUT2D eigenvalue weighted by Gasteiger charge is 2.58. The first-order valence-electron chi connectivity index (χ1n) is 4.80. The molecule has 2 atom stereocenters. The SMILES string of the molecule is CS(=O)(=O)c1ccc(F)c2c1[C@H](O)C(F)(F)[C@@H]2F. The smallest absolute Gasteiger partial charge is 0.312 e. The normalized spacial score (nSPS) is 26.1. The second-order valence-corrected chi connectivity index (χ2v) is 6.07. The molecule has 0 spiro atoms. The standard InChI is InChI=1S/C10H8F4O3S/c1-18(16,17)5-3-2-4(11)6-7(5)9(15)10(13,14)8(6)12/h2-3,8-9,15H,1H3/t8-,9+/m1/s1. The Morgan fingerprint density at radius 1 is 1.28 bits per heavy atom. The third-order valence-electron chi connectivity index (χ3n) is 2.82. The molecule has 1 aromatic carbocycles. The molecular weight excluding hydrogens is 276 g/mol. The Morgan fingerprint density at radius 2 is 1.83 bits per heavy atom. The molecule has 1 aliphatic rings. The summed E-state index contributed by atoms with van der Waals surface area (Å²) < 4.78 is 76.1. The van der Waals surface area contributed by atoms with Crippen LogP contribution in [-0.4, -0.2) is 25.7 Å². The van der Waals surface area contributed by atoms with Crippen molar-refractivity contribution >= 4 is 9.84 Å². The van der Waals surface area contributed by atoms with Crippen molar-refractivity contribution in [3.8, 4) is 0 Å². The van der Waals surface area contributed by atoms with E-state index in [1.54, 1.807) is 0 Å². The average molecular weight is 284 g/mol. The van der Waals surface area contributed by atoms with Gasteiger partial charge in [0.2, 0.25) is 0 Å². The van der Waals surface area contributed by atoms with E-state index >= 15 is 0 Å². The number of aliphatic hydroxyl groups is 1. The number of hydrogen-bond donors (Lipinski definition) is 1. The van der Waals surface area contributed by atoms with Crippen LogP contribution in [0.2, 0.25) is 0 Å². The zero-order chi connectivity index (χ0) is 13.9. The first-order valence-corrected chi connectivity index (χ1v) is 6.70. The number of benzene rings is 1. The topological polar surface area (TPSA) is 54.4 Å². The first kappa shape index (κ1) is 13.3. The zero-order valence-electron chi connectivity index (χ0n) is 8.99. The molecule has 18 heavy (non-hydrogen) atoms. The second kappa shape index (κ2) is 3.67. The van der Waals surface area contributed by atoms with Gasteiger partial charge in [0.15, 0.2) is 16.0 Å². The van der Waals surface area contributed by atoms with E-state index in [-0.39, 0.29) is 0 Å². The maximum Gasteiger partial charge on any atom is 0.312 e. The van der Waals surface area contributed by atoms with E-state index < -0.39 is 49.9 Å². The average Bonchev–Trinajstić information content (AvgIpc) is 2.40. The van der Waals surface area contributed by atoms with Crippen LogP contribution in [0.4, 0.5) is 17.6 Å². The molecule has 0 heterocycles. The summed E-state index contributed by atoms with van der Waals surface area (Å²) in [6.07, 6.45) is -5.04. The minimum atomic E-state index is -4.25. The Bertz CT molecular complexity index is 612. The Morgan fingerprint density at radius 3 is 2.33 bits per heavy atom. The van der Waals surface area contributed by atoms with Gasteiger partial charge in [0.1, 0.15) is 11.9 Å². The van der Waals surface area contributed by atoms with Crippen LogP contribution in [0.1, 0.15) is 23.4 Å². The summed E-state index contributed by atoms with van der Waals surface area (Å²) in [5, 5.41) is 9.33. The summed E-state index contributed by atoms with van der Waals surface area (Å²) in [7, 11) is -3.98. The Labute approximate surface area is 100.0 Å². The van der Waals surface area contributed by atoms with Gasteiger partial charge in [-0.2, -0.15) is 8.78 Å². The van der Waals surface area contributed by atoms with Gasteiger partial charge in [-0.25, -0.2) is 17.2 Å². The van der Waals surface area contributed by atoms with Crippen LogP contribution >= 0.6 is 0 Å². The van der Waals surface area contributed by atoms with Gasteiger partial charge in [-0.05, 0) is 12.1 Å². The van der Waals surface area contributed by atoms with Crippen molar-refractivity contribution in [1.29, 1.82) is 0 Å². The van der Waals surface area contributed by atoms with Gasteiger partial charge in [-0.1, -0.05) is 0 Å². The van der Waals surface area contributed by atoms with Crippen molar-refractivity contribution in [2.45, 2.75) is 23.1 Å². The van der Waals surface area contributed by atoms with E-state index in [1.165, 1.54) is 0 Å². The monoisotopic (exact) mass is 284 g/mol. The molecule has 0 aliphatic heterocycles. The fraction of sp³-hybridized carbons (Fsp3) is 0.400. The van der Waals surface area contributed by atoms with Crippen LogP contribution in [0.5, 0.6) is 0 Å². The number of rotatable bonds is 1. The summed E-state index contributed by atoms with van der Waals surface area (Å²) in [4.78, 5) is -0.689. The lowest BCUT2D eigenvalue weighted by molar-refractivity contribution is -0.144. The van der Waals surface area contributed by atoms with Crippen molar-refractivity contribution in [3.63, 3.8) is 0 Å². The lowest BCUT2D eigenvalue weighted by Crippen LogP contribution is -2.24. The van der Waals surface area contributed by atoms with Gasteiger partial charge in [0, 0.05) is 17.4 Å². The van der Waals surface area contributed by atoms with E-state index in [9.17, 15) is 31.1 Å². The Balaban J connectivity index is 2.84. The maximum absolute atomic E-state index is 13.4. The largest absolute Gasteiger partial charge is 0.382 e. The number of aliphatic hydroxyl groups excluding tert-OH is 1. The predicted molar refractivity (Wildman–Crippen MR) is 53.3 cm³/mol. The van der Waals surface area contributed by atoms with Crippen LogP contribution in [0.25, 0.3) is 0 Å². The zero-order valence-corrected chi connectivity index (χ0v) is 9.81. The molecule has 0 bridgehead atoms. The fourth-order valence-electron chi connectivity index (χ4n) is 1.98. The van der Waals surface area contributed by atoms with Crippen molar-refractivity contribution in [3.05, 3.63) is 29.1 Å². The van der Waals surface area contributed by atoms with Gasteiger partial charge in [0.05, 0.1) is 4.90 Å². The third kappa shape index (κ3) is 1.63. The molecule has 3 nitrogen and oxygen atoms in total. The van der Waals surface area contributed by atoms with Gasteiger partial charge in [0.25, 0.3) is 0 Å². The van der Waals surface area contributed by atoms with E-state index in [2.05, 4.69) is 0 Å². The van der Waals surface area contributed by atoms with Crippen LogP contribution in [0, 0.1) is 5.82 Å². The quantitative estimate of drug-likeness (QED) is 0.633.